The molecular formula is C27H35N5O3S. The van der Waals surface area contributed by atoms with Crippen molar-refractivity contribution in [2.75, 3.05) is 33.3 Å². The van der Waals surface area contributed by atoms with E-state index >= 15 is 0 Å². The topological polar surface area (TPSA) is 83.7 Å². The molecule has 8 nitrogen and oxygen atoms in total. The van der Waals surface area contributed by atoms with Gasteiger partial charge in [-0.15, -0.1) is 12.6 Å². The molecule has 3 aromatic rings. The Labute approximate surface area is 218 Å². The Bertz CT molecular complexity index is 1120. The van der Waals surface area contributed by atoms with Gasteiger partial charge in [-0.2, -0.15) is 0 Å². The number of amides is 1. The Hall–Kier alpha value is -2.88. The molecule has 9 heteroatoms. The van der Waals surface area contributed by atoms with Crippen molar-refractivity contribution in [1.29, 1.82) is 0 Å². The van der Waals surface area contributed by atoms with Crippen LogP contribution in [0.1, 0.15) is 45.9 Å². The summed E-state index contributed by atoms with van der Waals surface area (Å²) in [7, 11) is 1.67. The Morgan fingerprint density at radius 1 is 1.19 bits per heavy atom. The van der Waals surface area contributed by atoms with Gasteiger partial charge in [0.15, 0.2) is 5.69 Å². The number of oxazole rings is 1. The molecule has 2 aliphatic rings. The van der Waals surface area contributed by atoms with Gasteiger partial charge in [-0.05, 0) is 61.6 Å². The van der Waals surface area contributed by atoms with Crippen LogP contribution < -0.4 is 10.1 Å². The van der Waals surface area contributed by atoms with E-state index in [1.807, 2.05) is 43.1 Å². The fourth-order valence-electron chi connectivity index (χ4n) is 4.06. The summed E-state index contributed by atoms with van der Waals surface area (Å²) in [5.74, 6) is 1.45. The third-order valence-electron chi connectivity index (χ3n) is 6.38. The average Bonchev–Trinajstić information content (AvgIpc) is 3.61. The van der Waals surface area contributed by atoms with Gasteiger partial charge in [-0.25, -0.2) is 4.98 Å². The van der Waals surface area contributed by atoms with Crippen molar-refractivity contribution in [3.05, 3.63) is 71.2 Å². The molecule has 3 heterocycles. The number of nitrogens with one attached hydrogen (secondary N) is 1. The third kappa shape index (κ3) is 7.32. The minimum absolute atomic E-state index is 0.0394. The number of thiol groups is 1. The van der Waals surface area contributed by atoms with Gasteiger partial charge in [0.2, 0.25) is 5.89 Å². The summed E-state index contributed by atoms with van der Waals surface area (Å²) >= 11 is 4.34. The number of carbonyl (C=O) groups is 1. The first-order chi connectivity index (χ1) is 17.4. The van der Waals surface area contributed by atoms with E-state index in [0.717, 1.165) is 41.4 Å². The third-order valence-corrected chi connectivity index (χ3v) is 7.08. The largest absolute Gasteiger partial charge is 0.497 e. The normalized spacial score (nSPS) is 15.8. The van der Waals surface area contributed by atoms with Crippen molar-refractivity contribution >= 4 is 18.5 Å². The number of hydrogen-bond donors (Lipinski definition) is 2. The molecule has 1 N–H and O–H groups in total. The molecule has 36 heavy (non-hydrogen) atoms. The minimum Gasteiger partial charge on any atom is -0.497 e. The zero-order chi connectivity index (χ0) is 25.5. The molecule has 5 rings (SSSR count). The highest BCUT2D eigenvalue weighted by atomic mass is 32.1. The quantitative estimate of drug-likeness (QED) is 0.468. The monoisotopic (exact) mass is 509 g/mol. The van der Waals surface area contributed by atoms with Crippen LogP contribution in [0.4, 0.5) is 0 Å². The second kappa shape index (κ2) is 12.4. The first kappa shape index (κ1) is 26.2. The van der Waals surface area contributed by atoms with E-state index in [1.54, 1.807) is 13.3 Å². The van der Waals surface area contributed by atoms with Crippen LogP contribution in [0.15, 0.2) is 52.2 Å². The molecule has 0 spiro atoms. The van der Waals surface area contributed by atoms with Crippen LogP contribution >= 0.6 is 12.6 Å². The van der Waals surface area contributed by atoms with Gasteiger partial charge in [0, 0.05) is 56.1 Å². The molecule has 1 aliphatic heterocycles. The molecule has 192 valence electrons. The molecule has 1 saturated heterocycles. The second-order valence-corrected chi connectivity index (χ2v) is 9.77. The Balaban J connectivity index is 0.000000233. The van der Waals surface area contributed by atoms with Crippen LogP contribution in [-0.2, 0) is 13.1 Å². The highest BCUT2D eigenvalue weighted by Crippen LogP contribution is 2.24. The number of ether oxygens (including phenoxy) is 1. The maximum atomic E-state index is 12.6. The number of benzene rings is 1. The number of piperazine rings is 1. The van der Waals surface area contributed by atoms with E-state index in [1.165, 1.54) is 24.7 Å². The standard InChI is InChI=1S/C18H23N5O2.C9H12OS/c24-18(16-13-25-17(21-16)11-20-15-3-4-15)23-8-6-22(7-9-23)12-14-2-1-5-19-10-14;1-6-4-8(10-3)5-7(2)9(6)11/h1-2,5,10,13,15,20H,3-4,6-9,11-12H2;4-5,11H,1-3H3. The molecule has 1 amide bonds. The number of carbonyl (C=O) groups excluding carboxylic acids is 1. The van der Waals surface area contributed by atoms with Crippen molar-refractivity contribution in [2.24, 2.45) is 0 Å². The molecule has 1 aromatic carbocycles. The van der Waals surface area contributed by atoms with E-state index in [-0.39, 0.29) is 5.91 Å². The highest BCUT2D eigenvalue weighted by molar-refractivity contribution is 7.80. The molecule has 0 radical (unpaired) electrons. The highest BCUT2D eigenvalue weighted by Gasteiger charge is 2.25. The summed E-state index contributed by atoms with van der Waals surface area (Å²) in [6, 6.07) is 8.59. The number of hydrogen-bond acceptors (Lipinski definition) is 8. The van der Waals surface area contributed by atoms with Gasteiger partial charge in [0.1, 0.15) is 12.0 Å². The van der Waals surface area contributed by atoms with Crippen molar-refractivity contribution in [2.45, 2.75) is 50.7 Å². The zero-order valence-electron chi connectivity index (χ0n) is 21.2. The van der Waals surface area contributed by atoms with Crippen LogP contribution in [-0.4, -0.2) is 65.0 Å². The van der Waals surface area contributed by atoms with Gasteiger partial charge in [0.05, 0.1) is 13.7 Å². The summed E-state index contributed by atoms with van der Waals surface area (Å²) in [5, 5.41) is 3.34. The van der Waals surface area contributed by atoms with Crippen molar-refractivity contribution in [1.82, 2.24) is 25.1 Å². The summed E-state index contributed by atoms with van der Waals surface area (Å²) in [4.78, 5) is 26.3. The summed E-state index contributed by atoms with van der Waals surface area (Å²) < 4.78 is 10.5. The number of pyridine rings is 1. The number of aromatic nitrogens is 2. The van der Waals surface area contributed by atoms with Gasteiger partial charge < -0.3 is 19.4 Å². The lowest BCUT2D eigenvalue weighted by molar-refractivity contribution is 0.0622. The van der Waals surface area contributed by atoms with Crippen LogP contribution in [0.2, 0.25) is 0 Å². The van der Waals surface area contributed by atoms with Crippen molar-refractivity contribution in [3.63, 3.8) is 0 Å². The molecular weight excluding hydrogens is 474 g/mol. The van der Waals surface area contributed by atoms with E-state index in [4.69, 9.17) is 9.15 Å². The number of methoxy groups -OCH3 is 1. The SMILES string of the molecule is COc1cc(C)c(S)c(C)c1.O=C(c1coc(CNC2CC2)n1)N1CCN(Cc2cccnc2)CC1. The summed E-state index contributed by atoms with van der Waals surface area (Å²) in [5.41, 5.74) is 3.93. The molecule has 2 fully saturated rings. The minimum atomic E-state index is -0.0394. The first-order valence-electron chi connectivity index (χ1n) is 12.4. The lowest BCUT2D eigenvalue weighted by Gasteiger charge is -2.34. The predicted molar refractivity (Wildman–Crippen MR) is 142 cm³/mol. The van der Waals surface area contributed by atoms with Crippen molar-refractivity contribution in [3.8, 4) is 5.75 Å². The number of nitrogens with zero attached hydrogens (tertiary/aromatic N) is 4. The maximum absolute atomic E-state index is 12.6. The number of rotatable bonds is 7. The van der Waals surface area contributed by atoms with E-state index < -0.39 is 0 Å². The van der Waals surface area contributed by atoms with Gasteiger partial charge in [0.25, 0.3) is 5.91 Å². The summed E-state index contributed by atoms with van der Waals surface area (Å²) in [6.07, 6.45) is 7.59. The van der Waals surface area contributed by atoms with Gasteiger partial charge in [-0.1, -0.05) is 6.07 Å². The van der Waals surface area contributed by atoms with Gasteiger partial charge in [-0.3, -0.25) is 14.7 Å². The van der Waals surface area contributed by atoms with Crippen LogP contribution in [0.3, 0.4) is 0 Å². The second-order valence-electron chi connectivity index (χ2n) is 9.32. The number of aryl methyl sites for hydroxylation is 2. The lowest BCUT2D eigenvalue weighted by Crippen LogP contribution is -2.48. The van der Waals surface area contributed by atoms with E-state index in [0.29, 0.717) is 37.3 Å². The fraction of sp³-hybridized carbons (Fsp3) is 0.444. The van der Waals surface area contributed by atoms with Crippen LogP contribution in [0, 0.1) is 13.8 Å². The van der Waals surface area contributed by atoms with Gasteiger partial charge >= 0.3 is 0 Å². The van der Waals surface area contributed by atoms with Crippen molar-refractivity contribution < 1.29 is 13.9 Å². The molecule has 1 aliphatic carbocycles. The smallest absolute Gasteiger partial charge is 0.275 e. The molecule has 1 saturated carbocycles. The maximum Gasteiger partial charge on any atom is 0.275 e. The molecule has 0 bridgehead atoms. The Kier molecular flexibility index (Phi) is 9.01. The summed E-state index contributed by atoms with van der Waals surface area (Å²) in [6.45, 7) is 8.65. The Morgan fingerprint density at radius 3 is 2.53 bits per heavy atom. The average molecular weight is 510 g/mol. The lowest BCUT2D eigenvalue weighted by atomic mass is 10.1. The first-order valence-corrected chi connectivity index (χ1v) is 12.8. The van der Waals surface area contributed by atoms with Crippen LogP contribution in [0.25, 0.3) is 0 Å². The Morgan fingerprint density at radius 2 is 1.92 bits per heavy atom. The van der Waals surface area contributed by atoms with E-state index in [9.17, 15) is 4.79 Å². The molecule has 2 aromatic heterocycles. The zero-order valence-corrected chi connectivity index (χ0v) is 22.1. The molecule has 0 unspecified atom stereocenters. The predicted octanol–water partition coefficient (Wildman–Crippen LogP) is 3.88. The van der Waals surface area contributed by atoms with E-state index in [2.05, 4.69) is 38.9 Å². The molecule has 0 atom stereocenters. The fourth-order valence-corrected chi connectivity index (χ4v) is 4.19. The van der Waals surface area contributed by atoms with Crippen LogP contribution in [0.5, 0.6) is 5.75 Å².